The lowest BCUT2D eigenvalue weighted by Gasteiger charge is -2.20. The first-order valence-corrected chi connectivity index (χ1v) is 7.52. The number of benzene rings is 1. The average Bonchev–Trinajstić information content (AvgIpc) is 2.79. The van der Waals surface area contributed by atoms with E-state index in [0.717, 1.165) is 19.3 Å². The summed E-state index contributed by atoms with van der Waals surface area (Å²) in [5, 5.41) is 0.225. The number of aryl methyl sites for hydroxylation is 2. The van der Waals surface area contributed by atoms with Crippen LogP contribution in [0.25, 0.3) is 0 Å². The number of ketones is 1. The summed E-state index contributed by atoms with van der Waals surface area (Å²) in [4.78, 5) is 13.1. The van der Waals surface area contributed by atoms with E-state index in [9.17, 15) is 4.79 Å². The van der Waals surface area contributed by atoms with Crippen LogP contribution in [0.1, 0.15) is 43.2 Å². The molecule has 3 rings (SSSR count). The number of fused-ring (bicyclic) bond motifs is 1. The Morgan fingerprint density at radius 2 is 1.88 bits per heavy atom. The summed E-state index contributed by atoms with van der Waals surface area (Å²) in [5.74, 6) is 0.460. The molecule has 2 aliphatic carbocycles. The molecule has 17 heavy (non-hydrogen) atoms. The molecule has 1 unspecified atom stereocenters. The zero-order valence-corrected chi connectivity index (χ0v) is 10.9. The summed E-state index contributed by atoms with van der Waals surface area (Å²) in [6.45, 7) is 0. The van der Waals surface area contributed by atoms with Crippen LogP contribution in [0.4, 0.5) is 0 Å². The first-order valence-electron chi connectivity index (χ1n) is 6.64. The molecule has 0 aromatic heterocycles. The van der Waals surface area contributed by atoms with Gasteiger partial charge in [0.05, 0.1) is 5.25 Å². The minimum atomic E-state index is 0.225. The van der Waals surface area contributed by atoms with E-state index in [1.165, 1.54) is 41.7 Å². The molecule has 2 aliphatic rings. The summed E-state index contributed by atoms with van der Waals surface area (Å²) < 4.78 is 0. The van der Waals surface area contributed by atoms with Crippen LogP contribution in [-0.2, 0) is 17.6 Å². The highest BCUT2D eigenvalue weighted by molar-refractivity contribution is 8.00. The maximum absolute atomic E-state index is 11.8. The lowest BCUT2D eigenvalue weighted by Crippen LogP contribution is -2.21. The van der Waals surface area contributed by atoms with E-state index in [1.54, 1.807) is 11.8 Å². The SMILES string of the molecule is O=C1CCCCC1Sc1ccc2c(c1)CCC2. The van der Waals surface area contributed by atoms with E-state index in [4.69, 9.17) is 0 Å². The predicted molar refractivity (Wildman–Crippen MR) is 71.6 cm³/mol. The second kappa shape index (κ2) is 4.85. The molecular weight excluding hydrogens is 228 g/mol. The van der Waals surface area contributed by atoms with Crippen LogP contribution in [0.3, 0.4) is 0 Å². The highest BCUT2D eigenvalue weighted by Crippen LogP contribution is 2.34. The Bertz CT molecular complexity index is 439. The van der Waals surface area contributed by atoms with Gasteiger partial charge >= 0.3 is 0 Å². The van der Waals surface area contributed by atoms with Crippen molar-refractivity contribution in [3.63, 3.8) is 0 Å². The molecule has 0 spiro atoms. The Kier molecular flexibility index (Phi) is 3.24. The summed E-state index contributed by atoms with van der Waals surface area (Å²) in [7, 11) is 0. The zero-order chi connectivity index (χ0) is 11.7. The lowest BCUT2D eigenvalue weighted by atomic mass is 9.99. The summed E-state index contributed by atoms with van der Waals surface area (Å²) in [5.41, 5.74) is 3.03. The van der Waals surface area contributed by atoms with Crippen molar-refractivity contribution in [2.24, 2.45) is 0 Å². The van der Waals surface area contributed by atoms with Crippen LogP contribution in [0.15, 0.2) is 23.1 Å². The number of hydrogen-bond acceptors (Lipinski definition) is 2. The average molecular weight is 246 g/mol. The van der Waals surface area contributed by atoms with Gasteiger partial charge in [0.2, 0.25) is 0 Å². The third kappa shape index (κ3) is 2.42. The van der Waals surface area contributed by atoms with Gasteiger partial charge in [0.15, 0.2) is 0 Å². The first-order chi connectivity index (χ1) is 8.33. The van der Waals surface area contributed by atoms with Crippen molar-refractivity contribution < 1.29 is 4.79 Å². The molecule has 0 heterocycles. The van der Waals surface area contributed by atoms with Crippen molar-refractivity contribution in [1.82, 2.24) is 0 Å². The van der Waals surface area contributed by atoms with E-state index in [2.05, 4.69) is 18.2 Å². The highest BCUT2D eigenvalue weighted by Gasteiger charge is 2.23. The number of Topliss-reactive ketones (excluding diaryl/α,β-unsaturated/α-hetero) is 1. The van der Waals surface area contributed by atoms with E-state index < -0.39 is 0 Å². The molecule has 0 radical (unpaired) electrons. The number of carbonyl (C=O) groups excluding carboxylic acids is 1. The van der Waals surface area contributed by atoms with Crippen molar-refractivity contribution in [3.05, 3.63) is 29.3 Å². The lowest BCUT2D eigenvalue weighted by molar-refractivity contribution is -0.119. The van der Waals surface area contributed by atoms with E-state index in [0.29, 0.717) is 5.78 Å². The highest BCUT2D eigenvalue weighted by atomic mass is 32.2. The fraction of sp³-hybridized carbons (Fsp3) is 0.533. The number of hydrogen-bond donors (Lipinski definition) is 0. The van der Waals surface area contributed by atoms with Gasteiger partial charge in [-0.3, -0.25) is 4.79 Å². The Balaban J connectivity index is 1.74. The molecule has 2 heteroatoms. The molecule has 1 aromatic rings. The predicted octanol–water partition coefficient (Wildman–Crippen LogP) is 3.78. The molecule has 0 aliphatic heterocycles. The molecule has 0 N–H and O–H groups in total. The minimum Gasteiger partial charge on any atom is -0.298 e. The Morgan fingerprint density at radius 3 is 2.76 bits per heavy atom. The molecule has 1 fully saturated rings. The molecule has 1 nitrogen and oxygen atoms in total. The smallest absolute Gasteiger partial charge is 0.146 e. The van der Waals surface area contributed by atoms with Gasteiger partial charge in [-0.25, -0.2) is 0 Å². The molecule has 1 atom stereocenters. The van der Waals surface area contributed by atoms with Gasteiger partial charge in [0.1, 0.15) is 5.78 Å². The fourth-order valence-corrected chi connectivity index (χ4v) is 4.08. The van der Waals surface area contributed by atoms with Gasteiger partial charge in [0.25, 0.3) is 0 Å². The zero-order valence-electron chi connectivity index (χ0n) is 10.1. The molecule has 1 aromatic carbocycles. The van der Waals surface area contributed by atoms with Crippen molar-refractivity contribution in [2.45, 2.75) is 55.1 Å². The summed E-state index contributed by atoms with van der Waals surface area (Å²) >= 11 is 1.79. The van der Waals surface area contributed by atoms with Gasteiger partial charge in [0, 0.05) is 11.3 Å². The maximum Gasteiger partial charge on any atom is 0.146 e. The Hall–Kier alpha value is -0.760. The third-order valence-electron chi connectivity index (χ3n) is 3.85. The summed E-state index contributed by atoms with van der Waals surface area (Å²) in [6.07, 6.45) is 7.94. The van der Waals surface area contributed by atoms with Crippen LogP contribution in [-0.4, -0.2) is 11.0 Å². The van der Waals surface area contributed by atoms with Crippen LogP contribution in [0.5, 0.6) is 0 Å². The Morgan fingerprint density at radius 1 is 1.00 bits per heavy atom. The van der Waals surface area contributed by atoms with Crippen molar-refractivity contribution in [2.75, 3.05) is 0 Å². The normalized spacial score (nSPS) is 23.8. The van der Waals surface area contributed by atoms with Gasteiger partial charge in [-0.1, -0.05) is 12.5 Å². The van der Waals surface area contributed by atoms with Crippen LogP contribution < -0.4 is 0 Å². The van der Waals surface area contributed by atoms with E-state index >= 15 is 0 Å². The van der Waals surface area contributed by atoms with Crippen molar-refractivity contribution >= 4 is 17.5 Å². The van der Waals surface area contributed by atoms with Gasteiger partial charge in [-0.2, -0.15) is 0 Å². The standard InChI is InChI=1S/C15H18OS/c16-14-6-1-2-7-15(14)17-13-9-8-11-4-3-5-12(11)10-13/h8-10,15H,1-7H2. The van der Waals surface area contributed by atoms with Gasteiger partial charge in [-0.15, -0.1) is 11.8 Å². The van der Waals surface area contributed by atoms with Gasteiger partial charge < -0.3 is 0 Å². The third-order valence-corrected chi connectivity index (χ3v) is 5.16. The molecule has 90 valence electrons. The van der Waals surface area contributed by atoms with Crippen molar-refractivity contribution in [3.8, 4) is 0 Å². The molecular formula is C15H18OS. The second-order valence-electron chi connectivity index (χ2n) is 5.10. The number of thioether (sulfide) groups is 1. The van der Waals surface area contributed by atoms with Gasteiger partial charge in [-0.05, 0) is 55.4 Å². The maximum atomic E-state index is 11.8. The topological polar surface area (TPSA) is 17.1 Å². The van der Waals surface area contributed by atoms with Crippen LogP contribution in [0, 0.1) is 0 Å². The largest absolute Gasteiger partial charge is 0.298 e. The van der Waals surface area contributed by atoms with Crippen LogP contribution in [0.2, 0.25) is 0 Å². The second-order valence-corrected chi connectivity index (χ2v) is 6.38. The van der Waals surface area contributed by atoms with Crippen molar-refractivity contribution in [1.29, 1.82) is 0 Å². The Labute approximate surface area is 107 Å². The van der Waals surface area contributed by atoms with E-state index in [-0.39, 0.29) is 5.25 Å². The minimum absolute atomic E-state index is 0.225. The van der Waals surface area contributed by atoms with Crippen LogP contribution >= 0.6 is 11.8 Å². The molecule has 0 amide bonds. The van der Waals surface area contributed by atoms with E-state index in [1.807, 2.05) is 0 Å². The molecule has 0 saturated heterocycles. The molecule has 0 bridgehead atoms. The number of carbonyl (C=O) groups is 1. The fourth-order valence-electron chi connectivity index (χ4n) is 2.86. The quantitative estimate of drug-likeness (QED) is 0.790. The summed E-state index contributed by atoms with van der Waals surface area (Å²) in [6, 6.07) is 6.78. The first kappa shape index (κ1) is 11.3. The molecule has 1 saturated carbocycles. The number of rotatable bonds is 2. The monoisotopic (exact) mass is 246 g/mol.